The third-order valence-corrected chi connectivity index (χ3v) is 5.97. The van der Waals surface area contributed by atoms with Crippen molar-refractivity contribution in [3.05, 3.63) is 78.1 Å². The number of rotatable bonds is 3. The van der Waals surface area contributed by atoms with E-state index >= 15 is 0 Å². The highest BCUT2D eigenvalue weighted by molar-refractivity contribution is 6.10. The Bertz CT molecular complexity index is 1310. The number of methoxy groups -OCH3 is 1. The molecule has 0 unspecified atom stereocenters. The number of carbonyl (C=O) groups excluding carboxylic acids is 1. The van der Waals surface area contributed by atoms with Crippen molar-refractivity contribution >= 4 is 16.6 Å². The molecule has 2 aromatic heterocycles. The predicted octanol–water partition coefficient (Wildman–Crippen LogP) is 6.13. The van der Waals surface area contributed by atoms with Gasteiger partial charge in [0.15, 0.2) is 5.78 Å². The van der Waals surface area contributed by atoms with Crippen molar-refractivity contribution in [1.82, 2.24) is 9.97 Å². The van der Waals surface area contributed by atoms with Crippen LogP contribution in [0.15, 0.2) is 66.9 Å². The molecule has 0 aliphatic heterocycles. The maximum atomic E-state index is 13.4. The summed E-state index contributed by atoms with van der Waals surface area (Å²) in [5, 5.41) is 2.16. The quantitative estimate of drug-likeness (QED) is 0.409. The fraction of sp³-hybridized carbons (Fsp3) is 0.222. The Labute approximate surface area is 181 Å². The van der Waals surface area contributed by atoms with Crippen molar-refractivity contribution in [2.45, 2.75) is 26.7 Å². The Morgan fingerprint density at radius 2 is 1.71 bits per heavy atom. The van der Waals surface area contributed by atoms with Gasteiger partial charge in [0.1, 0.15) is 5.75 Å². The minimum atomic E-state index is -0.125. The fourth-order valence-electron chi connectivity index (χ4n) is 4.62. The first-order valence-electron chi connectivity index (χ1n) is 10.5. The number of fused-ring (bicyclic) bond motifs is 2. The largest absolute Gasteiger partial charge is 0.496 e. The molecule has 5 rings (SSSR count). The summed E-state index contributed by atoms with van der Waals surface area (Å²) in [5.74, 6) is 0.882. The van der Waals surface area contributed by atoms with Gasteiger partial charge in [0.2, 0.25) is 0 Å². The van der Waals surface area contributed by atoms with E-state index in [-0.39, 0.29) is 11.2 Å². The van der Waals surface area contributed by atoms with Gasteiger partial charge in [-0.2, -0.15) is 0 Å². The van der Waals surface area contributed by atoms with Gasteiger partial charge in [0.25, 0.3) is 0 Å². The van der Waals surface area contributed by atoms with E-state index in [1.807, 2.05) is 42.5 Å². The number of Topliss-reactive ketones (excluding diaryl/α,β-unsaturated/α-hetero) is 1. The monoisotopic (exact) mass is 408 g/mol. The minimum absolute atomic E-state index is 0.125. The van der Waals surface area contributed by atoms with Crippen LogP contribution in [0.5, 0.6) is 5.75 Å². The van der Waals surface area contributed by atoms with Crippen molar-refractivity contribution in [2.75, 3.05) is 7.11 Å². The molecule has 4 heteroatoms. The van der Waals surface area contributed by atoms with Crippen LogP contribution in [-0.2, 0) is 6.42 Å². The van der Waals surface area contributed by atoms with Gasteiger partial charge in [-0.3, -0.25) is 14.8 Å². The van der Waals surface area contributed by atoms with E-state index in [0.717, 1.165) is 51.2 Å². The zero-order chi connectivity index (χ0) is 21.6. The summed E-state index contributed by atoms with van der Waals surface area (Å²) < 4.78 is 5.77. The molecule has 31 heavy (non-hydrogen) atoms. The molecular formula is C27H24N2O2. The molecule has 0 spiro atoms. The van der Waals surface area contributed by atoms with Crippen molar-refractivity contribution in [3.63, 3.8) is 0 Å². The number of aromatic nitrogens is 2. The molecule has 0 fully saturated rings. The topological polar surface area (TPSA) is 52.1 Å². The van der Waals surface area contributed by atoms with Crippen LogP contribution < -0.4 is 4.74 Å². The third-order valence-electron chi connectivity index (χ3n) is 5.97. The lowest BCUT2D eigenvalue weighted by Crippen LogP contribution is -2.28. The number of benzene rings is 2. The summed E-state index contributed by atoms with van der Waals surface area (Å²) in [6.45, 7) is 4.25. The summed E-state index contributed by atoms with van der Waals surface area (Å²) in [4.78, 5) is 22.8. The second kappa shape index (κ2) is 7.31. The van der Waals surface area contributed by atoms with E-state index in [4.69, 9.17) is 9.72 Å². The van der Waals surface area contributed by atoms with Crippen LogP contribution in [0.3, 0.4) is 0 Å². The van der Waals surface area contributed by atoms with Gasteiger partial charge in [0, 0.05) is 29.3 Å². The number of carbonyl (C=O) groups is 1. The van der Waals surface area contributed by atoms with Crippen molar-refractivity contribution in [1.29, 1.82) is 0 Å². The maximum Gasteiger partial charge on any atom is 0.165 e. The second-order valence-electron chi connectivity index (χ2n) is 8.90. The highest BCUT2D eigenvalue weighted by Crippen LogP contribution is 2.44. The van der Waals surface area contributed by atoms with Crippen LogP contribution in [0.4, 0.5) is 0 Å². The van der Waals surface area contributed by atoms with Gasteiger partial charge < -0.3 is 4.74 Å². The zero-order valence-corrected chi connectivity index (χ0v) is 18.0. The number of hydrogen-bond donors (Lipinski definition) is 0. The van der Waals surface area contributed by atoms with Gasteiger partial charge in [-0.1, -0.05) is 50.2 Å². The Balaban J connectivity index is 1.88. The van der Waals surface area contributed by atoms with Gasteiger partial charge in [0.05, 0.1) is 24.2 Å². The number of ether oxygens (including phenoxy) is 1. The lowest BCUT2D eigenvalue weighted by molar-refractivity contribution is 0.0911. The van der Waals surface area contributed by atoms with Gasteiger partial charge >= 0.3 is 0 Å². The Morgan fingerprint density at radius 3 is 2.48 bits per heavy atom. The van der Waals surface area contributed by atoms with E-state index in [2.05, 4.69) is 37.0 Å². The summed E-state index contributed by atoms with van der Waals surface area (Å²) in [6.07, 6.45) is 3.02. The molecule has 0 saturated carbocycles. The first kappa shape index (κ1) is 19.4. The SMILES string of the molecule is COc1ccc2ccccc2c1-c1cc(-c2ccccn2)nc2c1C(=O)CC(C)(C)C2. The molecule has 2 heterocycles. The number of nitrogens with zero attached hydrogens (tertiary/aromatic N) is 2. The van der Waals surface area contributed by atoms with Gasteiger partial charge in [-0.25, -0.2) is 0 Å². The maximum absolute atomic E-state index is 13.4. The van der Waals surface area contributed by atoms with Crippen LogP contribution in [0.1, 0.15) is 36.3 Å². The Hall–Kier alpha value is -3.53. The number of pyridine rings is 2. The molecule has 0 N–H and O–H groups in total. The first-order valence-corrected chi connectivity index (χ1v) is 10.5. The molecule has 0 amide bonds. The van der Waals surface area contributed by atoms with Crippen molar-refractivity contribution < 1.29 is 9.53 Å². The highest BCUT2D eigenvalue weighted by Gasteiger charge is 2.35. The van der Waals surface area contributed by atoms with E-state index in [9.17, 15) is 4.79 Å². The number of ketones is 1. The smallest absolute Gasteiger partial charge is 0.165 e. The predicted molar refractivity (Wildman–Crippen MR) is 123 cm³/mol. The molecule has 0 atom stereocenters. The molecule has 0 radical (unpaired) electrons. The van der Waals surface area contributed by atoms with Crippen LogP contribution in [0.2, 0.25) is 0 Å². The molecule has 154 valence electrons. The summed E-state index contributed by atoms with van der Waals surface area (Å²) in [5.41, 5.74) is 4.81. The van der Waals surface area contributed by atoms with E-state index in [1.54, 1.807) is 13.3 Å². The third kappa shape index (κ3) is 3.38. The molecule has 1 aliphatic carbocycles. The van der Waals surface area contributed by atoms with Crippen LogP contribution in [-0.4, -0.2) is 22.9 Å². The zero-order valence-electron chi connectivity index (χ0n) is 18.0. The molecular weight excluding hydrogens is 384 g/mol. The normalized spacial score (nSPS) is 15.0. The van der Waals surface area contributed by atoms with E-state index in [0.29, 0.717) is 12.0 Å². The van der Waals surface area contributed by atoms with Crippen LogP contribution in [0.25, 0.3) is 33.3 Å². The average Bonchev–Trinajstić information content (AvgIpc) is 2.77. The highest BCUT2D eigenvalue weighted by atomic mass is 16.5. The van der Waals surface area contributed by atoms with Crippen molar-refractivity contribution in [3.8, 4) is 28.3 Å². The average molecular weight is 409 g/mol. The summed E-state index contributed by atoms with van der Waals surface area (Å²) >= 11 is 0. The standard InChI is InChI=1S/C27H24N2O2/c1-27(2)15-22-26(23(30)16-27)19(14-21(29-22)20-10-6-7-13-28-20)25-18-9-5-4-8-17(18)11-12-24(25)31-3/h4-14H,15-16H2,1-3H3. The van der Waals surface area contributed by atoms with Crippen LogP contribution >= 0.6 is 0 Å². The summed E-state index contributed by atoms with van der Waals surface area (Å²) in [6, 6.07) is 20.0. The molecule has 0 saturated heterocycles. The molecule has 4 aromatic rings. The minimum Gasteiger partial charge on any atom is -0.496 e. The van der Waals surface area contributed by atoms with Crippen molar-refractivity contribution in [2.24, 2.45) is 5.41 Å². The van der Waals surface area contributed by atoms with Gasteiger partial charge in [-0.15, -0.1) is 0 Å². The van der Waals surface area contributed by atoms with E-state index in [1.165, 1.54) is 0 Å². The fourth-order valence-corrected chi connectivity index (χ4v) is 4.62. The molecule has 2 aromatic carbocycles. The second-order valence-corrected chi connectivity index (χ2v) is 8.90. The number of hydrogen-bond acceptors (Lipinski definition) is 4. The van der Waals surface area contributed by atoms with E-state index < -0.39 is 0 Å². The molecule has 1 aliphatic rings. The van der Waals surface area contributed by atoms with Gasteiger partial charge in [-0.05, 0) is 46.9 Å². The Kier molecular flexibility index (Phi) is 4.58. The Morgan fingerprint density at radius 1 is 0.903 bits per heavy atom. The lowest BCUT2D eigenvalue weighted by atomic mass is 9.73. The first-order chi connectivity index (χ1) is 15.0. The summed E-state index contributed by atoms with van der Waals surface area (Å²) in [7, 11) is 1.67. The molecule has 0 bridgehead atoms. The lowest BCUT2D eigenvalue weighted by Gasteiger charge is -2.31. The molecule has 4 nitrogen and oxygen atoms in total. The van der Waals surface area contributed by atoms with Crippen LogP contribution in [0, 0.1) is 5.41 Å².